The highest BCUT2D eigenvalue weighted by atomic mass is 35.5. The molecule has 0 aliphatic heterocycles. The number of rotatable bonds is 3. The SMILES string of the molecule is CSc1ccccc1C(Cl)c1cc(C)sc1C. The molecule has 0 bridgehead atoms. The molecule has 1 aromatic heterocycles. The first kappa shape index (κ1) is 13.0. The van der Waals surface area contributed by atoms with E-state index in [9.17, 15) is 0 Å². The van der Waals surface area contributed by atoms with Crippen LogP contribution < -0.4 is 0 Å². The van der Waals surface area contributed by atoms with Gasteiger partial charge >= 0.3 is 0 Å². The molecule has 0 aliphatic carbocycles. The molecule has 0 saturated heterocycles. The van der Waals surface area contributed by atoms with Crippen molar-refractivity contribution >= 4 is 34.7 Å². The summed E-state index contributed by atoms with van der Waals surface area (Å²) in [5.74, 6) is 0. The summed E-state index contributed by atoms with van der Waals surface area (Å²) < 4.78 is 0. The maximum absolute atomic E-state index is 6.63. The Labute approximate surface area is 116 Å². The summed E-state index contributed by atoms with van der Waals surface area (Å²) in [6.45, 7) is 4.27. The Bertz CT molecular complexity index is 517. The minimum Gasteiger partial charge on any atom is -0.146 e. The van der Waals surface area contributed by atoms with E-state index >= 15 is 0 Å². The Kier molecular flexibility index (Phi) is 4.18. The maximum atomic E-state index is 6.63. The fourth-order valence-corrected chi connectivity index (χ4v) is 4.09. The fourth-order valence-electron chi connectivity index (χ4n) is 1.95. The lowest BCUT2D eigenvalue weighted by molar-refractivity contribution is 1.08. The van der Waals surface area contributed by atoms with Gasteiger partial charge in [0.05, 0.1) is 5.38 Å². The van der Waals surface area contributed by atoms with Crippen molar-refractivity contribution in [2.75, 3.05) is 6.26 Å². The van der Waals surface area contributed by atoms with Crippen LogP contribution in [0.25, 0.3) is 0 Å². The fraction of sp³-hybridized carbons (Fsp3) is 0.286. The number of thioether (sulfide) groups is 1. The monoisotopic (exact) mass is 282 g/mol. The van der Waals surface area contributed by atoms with Crippen molar-refractivity contribution in [3.05, 3.63) is 51.2 Å². The highest BCUT2D eigenvalue weighted by Gasteiger charge is 2.17. The van der Waals surface area contributed by atoms with Gasteiger partial charge in [-0.2, -0.15) is 0 Å². The largest absolute Gasteiger partial charge is 0.146 e. The maximum Gasteiger partial charge on any atom is 0.0856 e. The molecule has 0 N–H and O–H groups in total. The van der Waals surface area contributed by atoms with Crippen molar-refractivity contribution in [1.82, 2.24) is 0 Å². The Morgan fingerprint density at radius 1 is 1.18 bits per heavy atom. The van der Waals surface area contributed by atoms with Gasteiger partial charge in [-0.05, 0) is 43.4 Å². The van der Waals surface area contributed by atoms with E-state index in [1.165, 1.54) is 25.8 Å². The first-order chi connectivity index (χ1) is 8.13. The van der Waals surface area contributed by atoms with E-state index in [1.807, 2.05) is 11.3 Å². The van der Waals surface area contributed by atoms with E-state index in [-0.39, 0.29) is 5.38 Å². The number of alkyl halides is 1. The third-order valence-electron chi connectivity index (χ3n) is 2.76. The summed E-state index contributed by atoms with van der Waals surface area (Å²) >= 11 is 10.2. The zero-order valence-corrected chi connectivity index (χ0v) is 12.5. The molecule has 0 nitrogen and oxygen atoms in total. The van der Waals surface area contributed by atoms with E-state index in [4.69, 9.17) is 11.6 Å². The Morgan fingerprint density at radius 2 is 1.88 bits per heavy atom. The normalized spacial score (nSPS) is 12.7. The van der Waals surface area contributed by atoms with Gasteiger partial charge in [0.25, 0.3) is 0 Å². The molecule has 17 heavy (non-hydrogen) atoms. The number of aryl methyl sites for hydroxylation is 2. The highest BCUT2D eigenvalue weighted by molar-refractivity contribution is 7.98. The number of thiophene rings is 1. The molecule has 0 fully saturated rings. The topological polar surface area (TPSA) is 0 Å². The molecule has 0 radical (unpaired) electrons. The predicted molar refractivity (Wildman–Crippen MR) is 79.7 cm³/mol. The first-order valence-corrected chi connectivity index (χ1v) is 7.95. The Morgan fingerprint density at radius 3 is 2.47 bits per heavy atom. The molecular formula is C14H15ClS2. The van der Waals surface area contributed by atoms with E-state index in [0.29, 0.717) is 0 Å². The lowest BCUT2D eigenvalue weighted by atomic mass is 10.0. The van der Waals surface area contributed by atoms with E-state index in [0.717, 1.165) is 0 Å². The van der Waals surface area contributed by atoms with Gasteiger partial charge in [0.2, 0.25) is 0 Å². The van der Waals surface area contributed by atoms with Gasteiger partial charge in [0.1, 0.15) is 0 Å². The van der Waals surface area contributed by atoms with Gasteiger partial charge in [-0.15, -0.1) is 34.7 Å². The minimum absolute atomic E-state index is 0.0383. The lowest BCUT2D eigenvalue weighted by Crippen LogP contribution is -1.95. The van der Waals surface area contributed by atoms with Crippen LogP contribution >= 0.6 is 34.7 Å². The summed E-state index contributed by atoms with van der Waals surface area (Å²) in [6.07, 6.45) is 2.09. The molecule has 90 valence electrons. The van der Waals surface area contributed by atoms with Crippen LogP contribution in [0.4, 0.5) is 0 Å². The second-order valence-electron chi connectivity index (χ2n) is 3.97. The number of benzene rings is 1. The van der Waals surface area contributed by atoms with Crippen LogP contribution in [0.15, 0.2) is 35.2 Å². The number of hydrogen-bond acceptors (Lipinski definition) is 2. The summed E-state index contributed by atoms with van der Waals surface area (Å²) in [6, 6.07) is 10.6. The molecule has 1 atom stereocenters. The van der Waals surface area contributed by atoms with Crippen molar-refractivity contribution in [3.8, 4) is 0 Å². The van der Waals surface area contributed by atoms with Crippen molar-refractivity contribution in [2.24, 2.45) is 0 Å². The molecule has 0 saturated carbocycles. The van der Waals surface area contributed by atoms with Crippen LogP contribution in [0.3, 0.4) is 0 Å². The molecule has 1 heterocycles. The van der Waals surface area contributed by atoms with Gasteiger partial charge in [-0.25, -0.2) is 0 Å². The second kappa shape index (κ2) is 5.47. The van der Waals surface area contributed by atoms with Crippen LogP contribution in [0.1, 0.15) is 26.3 Å². The van der Waals surface area contributed by atoms with Gasteiger partial charge < -0.3 is 0 Å². The predicted octanol–water partition coefficient (Wildman–Crippen LogP) is 5.42. The van der Waals surface area contributed by atoms with Gasteiger partial charge in [0, 0.05) is 14.6 Å². The number of halogens is 1. The summed E-state index contributed by atoms with van der Waals surface area (Å²) in [7, 11) is 0. The second-order valence-corrected chi connectivity index (χ2v) is 6.72. The van der Waals surface area contributed by atoms with Crippen molar-refractivity contribution in [3.63, 3.8) is 0 Å². The van der Waals surface area contributed by atoms with Crippen LogP contribution in [-0.4, -0.2) is 6.26 Å². The molecule has 3 heteroatoms. The van der Waals surface area contributed by atoms with E-state index in [1.54, 1.807) is 11.8 Å². The summed E-state index contributed by atoms with van der Waals surface area (Å²) in [5, 5.41) is -0.0383. The third-order valence-corrected chi connectivity index (χ3v) is 5.03. The quantitative estimate of drug-likeness (QED) is 0.535. The first-order valence-electron chi connectivity index (χ1n) is 5.47. The summed E-state index contributed by atoms with van der Waals surface area (Å²) in [5.41, 5.74) is 2.46. The average Bonchev–Trinajstić information content (AvgIpc) is 2.67. The lowest BCUT2D eigenvalue weighted by Gasteiger charge is -2.13. The van der Waals surface area contributed by atoms with Crippen molar-refractivity contribution in [1.29, 1.82) is 0 Å². The zero-order valence-electron chi connectivity index (χ0n) is 10.2. The van der Waals surface area contributed by atoms with Gasteiger partial charge in [-0.3, -0.25) is 0 Å². The molecule has 0 spiro atoms. The van der Waals surface area contributed by atoms with Crippen LogP contribution in [-0.2, 0) is 0 Å². The van der Waals surface area contributed by atoms with Crippen molar-refractivity contribution in [2.45, 2.75) is 24.1 Å². The molecular weight excluding hydrogens is 268 g/mol. The highest BCUT2D eigenvalue weighted by Crippen LogP contribution is 2.38. The van der Waals surface area contributed by atoms with Gasteiger partial charge in [0.15, 0.2) is 0 Å². The van der Waals surface area contributed by atoms with Crippen LogP contribution in [0.5, 0.6) is 0 Å². The Hall–Kier alpha value is -0.440. The molecule has 1 unspecified atom stereocenters. The van der Waals surface area contributed by atoms with E-state index < -0.39 is 0 Å². The summed E-state index contributed by atoms with van der Waals surface area (Å²) in [4.78, 5) is 3.90. The smallest absolute Gasteiger partial charge is 0.0856 e. The minimum atomic E-state index is -0.0383. The molecule has 0 amide bonds. The molecule has 1 aromatic carbocycles. The zero-order chi connectivity index (χ0) is 12.4. The number of hydrogen-bond donors (Lipinski definition) is 0. The molecule has 2 rings (SSSR count). The van der Waals surface area contributed by atoms with Gasteiger partial charge in [-0.1, -0.05) is 18.2 Å². The molecule has 0 aliphatic rings. The van der Waals surface area contributed by atoms with Crippen molar-refractivity contribution < 1.29 is 0 Å². The molecule has 2 aromatic rings. The van der Waals surface area contributed by atoms with E-state index in [2.05, 4.69) is 50.4 Å². The standard InChI is InChI=1S/C14H15ClS2/c1-9-8-12(10(2)17-9)14(15)11-6-4-5-7-13(11)16-3/h4-8,14H,1-3H3. The Balaban J connectivity index is 2.43. The van der Waals surface area contributed by atoms with Crippen LogP contribution in [0.2, 0.25) is 0 Å². The van der Waals surface area contributed by atoms with Crippen LogP contribution in [0, 0.1) is 13.8 Å². The average molecular weight is 283 g/mol. The third kappa shape index (κ3) is 2.70.